The summed E-state index contributed by atoms with van der Waals surface area (Å²) in [7, 11) is 0. The molecule has 1 saturated heterocycles. The van der Waals surface area contributed by atoms with Crippen LogP contribution in [0.4, 0.5) is 5.69 Å². The third-order valence-electron chi connectivity index (χ3n) is 3.18. The molecule has 1 aliphatic heterocycles. The van der Waals surface area contributed by atoms with E-state index in [9.17, 15) is 5.26 Å². The van der Waals surface area contributed by atoms with Gasteiger partial charge in [0.05, 0.1) is 11.8 Å². The van der Waals surface area contributed by atoms with E-state index in [0.717, 1.165) is 18.8 Å². The summed E-state index contributed by atoms with van der Waals surface area (Å²) in [5.74, 6) is 0.704. The molecule has 3 heteroatoms. The van der Waals surface area contributed by atoms with Crippen LogP contribution in [0.3, 0.4) is 0 Å². The zero-order valence-electron chi connectivity index (χ0n) is 11.1. The van der Waals surface area contributed by atoms with Gasteiger partial charge in [-0.05, 0) is 45.2 Å². The minimum absolute atomic E-state index is 0.0914. The average Bonchev–Trinajstić information content (AvgIpc) is 2.39. The molecule has 2 rings (SSSR count). The lowest BCUT2D eigenvalue weighted by molar-refractivity contribution is 0.242. The molecule has 0 aliphatic carbocycles. The molecular weight excluding hydrogens is 224 g/mol. The van der Waals surface area contributed by atoms with Gasteiger partial charge in [0.1, 0.15) is 17.4 Å². The van der Waals surface area contributed by atoms with Crippen LogP contribution in [-0.4, -0.2) is 19.2 Å². The number of nitrogens with zero attached hydrogens (tertiary/aromatic N) is 2. The Balaban J connectivity index is 2.32. The van der Waals surface area contributed by atoms with Gasteiger partial charge in [-0.1, -0.05) is 6.07 Å². The van der Waals surface area contributed by atoms with E-state index in [0.29, 0.717) is 11.3 Å². The molecule has 96 valence electrons. The number of rotatable bonds is 3. The zero-order valence-corrected chi connectivity index (χ0v) is 11.1. The van der Waals surface area contributed by atoms with Crippen molar-refractivity contribution in [2.24, 2.45) is 0 Å². The van der Waals surface area contributed by atoms with Crippen molar-refractivity contribution in [2.75, 3.05) is 18.0 Å². The molecule has 0 spiro atoms. The minimum Gasteiger partial charge on any atom is -0.490 e. The normalized spacial score (nSPS) is 15.6. The van der Waals surface area contributed by atoms with E-state index < -0.39 is 0 Å². The van der Waals surface area contributed by atoms with Crippen molar-refractivity contribution < 1.29 is 4.74 Å². The van der Waals surface area contributed by atoms with Crippen molar-refractivity contribution in [2.45, 2.75) is 39.2 Å². The van der Waals surface area contributed by atoms with E-state index in [1.165, 1.54) is 19.3 Å². The van der Waals surface area contributed by atoms with E-state index in [2.05, 4.69) is 11.0 Å². The SMILES string of the molecule is CC(C)Oc1cccc(N2CCCCC2)c1C#N. The first-order valence-electron chi connectivity index (χ1n) is 6.67. The van der Waals surface area contributed by atoms with Crippen LogP contribution in [-0.2, 0) is 0 Å². The highest BCUT2D eigenvalue weighted by Crippen LogP contribution is 2.31. The van der Waals surface area contributed by atoms with Crippen LogP contribution in [0, 0.1) is 11.3 Å². The molecule has 1 fully saturated rings. The third-order valence-corrected chi connectivity index (χ3v) is 3.18. The highest BCUT2D eigenvalue weighted by atomic mass is 16.5. The fourth-order valence-corrected chi connectivity index (χ4v) is 2.38. The van der Waals surface area contributed by atoms with E-state index in [-0.39, 0.29) is 6.10 Å². The van der Waals surface area contributed by atoms with Crippen molar-refractivity contribution in [1.29, 1.82) is 5.26 Å². The number of nitriles is 1. The summed E-state index contributed by atoms with van der Waals surface area (Å²) < 4.78 is 5.72. The standard InChI is InChI=1S/C15H20N2O/c1-12(2)18-15-8-6-7-14(13(15)11-16)17-9-4-3-5-10-17/h6-8,12H,3-5,9-10H2,1-2H3. The molecule has 1 aromatic rings. The van der Waals surface area contributed by atoms with Crippen LogP contribution in [0.15, 0.2) is 18.2 Å². The molecule has 0 atom stereocenters. The lowest BCUT2D eigenvalue weighted by Gasteiger charge is -2.30. The van der Waals surface area contributed by atoms with Gasteiger partial charge in [-0.15, -0.1) is 0 Å². The van der Waals surface area contributed by atoms with Crippen LogP contribution in [0.2, 0.25) is 0 Å². The smallest absolute Gasteiger partial charge is 0.139 e. The average molecular weight is 244 g/mol. The Hall–Kier alpha value is -1.69. The molecule has 1 heterocycles. The first kappa shape index (κ1) is 12.8. The molecule has 0 N–H and O–H groups in total. The Kier molecular flexibility index (Phi) is 4.09. The van der Waals surface area contributed by atoms with E-state index in [1.54, 1.807) is 0 Å². The van der Waals surface area contributed by atoms with Crippen molar-refractivity contribution in [3.8, 4) is 11.8 Å². The second kappa shape index (κ2) is 5.77. The summed E-state index contributed by atoms with van der Waals surface area (Å²) >= 11 is 0. The second-order valence-electron chi connectivity index (χ2n) is 4.98. The summed E-state index contributed by atoms with van der Waals surface area (Å²) in [4.78, 5) is 2.30. The van der Waals surface area contributed by atoms with Crippen molar-refractivity contribution in [3.05, 3.63) is 23.8 Å². The summed E-state index contributed by atoms with van der Waals surface area (Å²) in [5.41, 5.74) is 1.70. The highest BCUT2D eigenvalue weighted by molar-refractivity contribution is 5.65. The molecule has 18 heavy (non-hydrogen) atoms. The lowest BCUT2D eigenvalue weighted by atomic mass is 10.1. The maximum absolute atomic E-state index is 9.39. The molecule has 3 nitrogen and oxygen atoms in total. The predicted molar refractivity (Wildman–Crippen MR) is 73.0 cm³/mol. The molecule has 0 bridgehead atoms. The van der Waals surface area contributed by atoms with E-state index in [1.807, 2.05) is 32.0 Å². The second-order valence-corrected chi connectivity index (χ2v) is 4.98. The number of benzene rings is 1. The van der Waals surface area contributed by atoms with Crippen molar-refractivity contribution in [3.63, 3.8) is 0 Å². The van der Waals surface area contributed by atoms with Gasteiger partial charge >= 0.3 is 0 Å². The minimum atomic E-state index is 0.0914. The third kappa shape index (κ3) is 2.76. The first-order chi connectivity index (χ1) is 8.72. The molecule has 0 amide bonds. The van der Waals surface area contributed by atoms with Gasteiger partial charge in [-0.2, -0.15) is 5.26 Å². The summed E-state index contributed by atoms with van der Waals surface area (Å²) in [6, 6.07) is 8.18. The molecule has 1 aliphatic rings. The van der Waals surface area contributed by atoms with Gasteiger partial charge in [-0.3, -0.25) is 0 Å². The molecule has 0 aromatic heterocycles. The monoisotopic (exact) mass is 244 g/mol. The highest BCUT2D eigenvalue weighted by Gasteiger charge is 2.17. The Labute approximate surface area is 109 Å². The first-order valence-corrected chi connectivity index (χ1v) is 6.67. The van der Waals surface area contributed by atoms with Crippen LogP contribution in [0.5, 0.6) is 5.75 Å². The van der Waals surface area contributed by atoms with Gasteiger partial charge in [0.2, 0.25) is 0 Å². The number of hydrogen-bond acceptors (Lipinski definition) is 3. The largest absolute Gasteiger partial charge is 0.490 e. The summed E-state index contributed by atoms with van der Waals surface area (Å²) in [6.07, 6.45) is 3.80. The topological polar surface area (TPSA) is 36.3 Å². The van der Waals surface area contributed by atoms with Crippen LogP contribution in [0.25, 0.3) is 0 Å². The lowest BCUT2D eigenvalue weighted by Crippen LogP contribution is -2.30. The Morgan fingerprint density at radius 3 is 2.56 bits per heavy atom. The van der Waals surface area contributed by atoms with Crippen LogP contribution in [0.1, 0.15) is 38.7 Å². The molecule has 0 radical (unpaired) electrons. The molecular formula is C15H20N2O. The number of piperidine rings is 1. The molecule has 0 saturated carbocycles. The maximum Gasteiger partial charge on any atom is 0.139 e. The quantitative estimate of drug-likeness (QED) is 0.818. The maximum atomic E-state index is 9.39. The van der Waals surface area contributed by atoms with Gasteiger partial charge in [-0.25, -0.2) is 0 Å². The van der Waals surface area contributed by atoms with Gasteiger partial charge in [0.25, 0.3) is 0 Å². The van der Waals surface area contributed by atoms with E-state index >= 15 is 0 Å². The molecule has 0 unspecified atom stereocenters. The zero-order chi connectivity index (χ0) is 13.0. The number of anilines is 1. The van der Waals surface area contributed by atoms with Gasteiger partial charge in [0, 0.05) is 13.1 Å². The summed E-state index contributed by atoms with van der Waals surface area (Å²) in [6.45, 7) is 6.04. The Bertz CT molecular complexity index is 442. The fourth-order valence-electron chi connectivity index (χ4n) is 2.38. The van der Waals surface area contributed by atoms with Crippen LogP contribution >= 0.6 is 0 Å². The number of ether oxygens (including phenoxy) is 1. The number of hydrogen-bond donors (Lipinski definition) is 0. The Morgan fingerprint density at radius 2 is 1.94 bits per heavy atom. The molecule has 1 aromatic carbocycles. The van der Waals surface area contributed by atoms with Crippen LogP contribution < -0.4 is 9.64 Å². The van der Waals surface area contributed by atoms with Crippen molar-refractivity contribution >= 4 is 5.69 Å². The van der Waals surface area contributed by atoms with Gasteiger partial charge in [0.15, 0.2) is 0 Å². The predicted octanol–water partition coefficient (Wildman–Crippen LogP) is 3.34. The van der Waals surface area contributed by atoms with Gasteiger partial charge < -0.3 is 9.64 Å². The van der Waals surface area contributed by atoms with E-state index in [4.69, 9.17) is 4.74 Å². The Morgan fingerprint density at radius 1 is 1.22 bits per heavy atom. The fraction of sp³-hybridized carbons (Fsp3) is 0.533. The summed E-state index contributed by atoms with van der Waals surface area (Å²) in [5, 5.41) is 9.39. The van der Waals surface area contributed by atoms with Crippen molar-refractivity contribution in [1.82, 2.24) is 0 Å².